The molecule has 0 radical (unpaired) electrons. The Labute approximate surface area is 179 Å². The standard InChI is InChI=1S/C24H23FN2O2S/c25-19-7-3-5-17(13-19)14-22(28)27-11-10-24(16-27,23(26)29)15-18-6-1-2-8-20(18)21-9-4-12-30-21/h1-9,12-13H,10-11,14-16H2,(H2,26,29)/t24-/m0/s1. The fourth-order valence-corrected chi connectivity index (χ4v) is 4.95. The highest BCUT2D eigenvalue weighted by Gasteiger charge is 2.45. The van der Waals surface area contributed by atoms with Crippen molar-refractivity contribution in [3.05, 3.63) is 83.0 Å². The van der Waals surface area contributed by atoms with E-state index in [1.807, 2.05) is 29.6 Å². The van der Waals surface area contributed by atoms with E-state index < -0.39 is 5.41 Å². The predicted octanol–water partition coefficient (Wildman–Crippen LogP) is 4.04. The molecule has 1 fully saturated rings. The highest BCUT2D eigenvalue weighted by atomic mass is 32.1. The smallest absolute Gasteiger partial charge is 0.227 e. The second-order valence-electron chi connectivity index (χ2n) is 7.83. The minimum atomic E-state index is -0.801. The number of nitrogens with zero attached hydrogens (tertiary/aromatic N) is 1. The van der Waals surface area contributed by atoms with Gasteiger partial charge in [0.2, 0.25) is 11.8 Å². The van der Waals surface area contributed by atoms with Crippen molar-refractivity contribution < 1.29 is 14.0 Å². The Morgan fingerprint density at radius 2 is 1.93 bits per heavy atom. The molecule has 1 saturated heterocycles. The molecule has 2 amide bonds. The molecule has 1 aliphatic rings. The number of halogens is 1. The van der Waals surface area contributed by atoms with Gasteiger partial charge in [0.05, 0.1) is 11.8 Å². The minimum absolute atomic E-state index is 0.110. The van der Waals surface area contributed by atoms with Gasteiger partial charge in [0.1, 0.15) is 5.82 Å². The van der Waals surface area contributed by atoms with Crippen LogP contribution in [-0.2, 0) is 22.4 Å². The Morgan fingerprint density at radius 3 is 2.67 bits per heavy atom. The van der Waals surface area contributed by atoms with Crippen LogP contribution in [0.4, 0.5) is 4.39 Å². The fourth-order valence-electron chi connectivity index (χ4n) is 4.16. The molecular formula is C24H23FN2O2S. The lowest BCUT2D eigenvalue weighted by Crippen LogP contribution is -2.42. The molecule has 4 rings (SSSR count). The Morgan fingerprint density at radius 1 is 1.10 bits per heavy atom. The largest absolute Gasteiger partial charge is 0.369 e. The second-order valence-corrected chi connectivity index (χ2v) is 8.78. The van der Waals surface area contributed by atoms with Gasteiger partial charge < -0.3 is 10.6 Å². The number of benzene rings is 2. The monoisotopic (exact) mass is 422 g/mol. The zero-order valence-electron chi connectivity index (χ0n) is 16.5. The van der Waals surface area contributed by atoms with Gasteiger partial charge in [-0.05, 0) is 53.1 Å². The number of carbonyl (C=O) groups excluding carboxylic acids is 2. The van der Waals surface area contributed by atoms with Crippen molar-refractivity contribution >= 4 is 23.2 Å². The molecule has 4 nitrogen and oxygen atoms in total. The molecule has 3 aromatic rings. The van der Waals surface area contributed by atoms with Crippen molar-refractivity contribution in [3.8, 4) is 10.4 Å². The number of hydrogen-bond acceptors (Lipinski definition) is 3. The molecule has 6 heteroatoms. The molecule has 1 aromatic heterocycles. The lowest BCUT2D eigenvalue weighted by atomic mass is 9.79. The molecule has 154 valence electrons. The highest BCUT2D eigenvalue weighted by Crippen LogP contribution is 2.38. The normalized spacial score (nSPS) is 18.5. The van der Waals surface area contributed by atoms with E-state index in [1.165, 1.54) is 12.1 Å². The third kappa shape index (κ3) is 4.14. The van der Waals surface area contributed by atoms with E-state index in [1.54, 1.807) is 28.4 Å². The quantitative estimate of drug-likeness (QED) is 0.652. The van der Waals surface area contributed by atoms with Crippen LogP contribution in [0.2, 0.25) is 0 Å². The average molecular weight is 423 g/mol. The lowest BCUT2D eigenvalue weighted by Gasteiger charge is -2.27. The molecule has 0 bridgehead atoms. The van der Waals surface area contributed by atoms with E-state index >= 15 is 0 Å². The van der Waals surface area contributed by atoms with Gasteiger partial charge in [0.25, 0.3) is 0 Å². The summed E-state index contributed by atoms with van der Waals surface area (Å²) in [4.78, 5) is 28.2. The molecule has 0 saturated carbocycles. The van der Waals surface area contributed by atoms with Crippen LogP contribution in [0, 0.1) is 11.2 Å². The molecule has 0 aliphatic carbocycles. The van der Waals surface area contributed by atoms with Gasteiger partial charge in [0.15, 0.2) is 0 Å². The Balaban J connectivity index is 1.54. The number of primary amides is 1. The fraction of sp³-hybridized carbons (Fsp3) is 0.250. The second kappa shape index (κ2) is 8.40. The van der Waals surface area contributed by atoms with Gasteiger partial charge in [0, 0.05) is 18.0 Å². The van der Waals surface area contributed by atoms with Gasteiger partial charge in [-0.3, -0.25) is 9.59 Å². The third-order valence-electron chi connectivity index (χ3n) is 5.81. The van der Waals surface area contributed by atoms with E-state index in [0.717, 1.165) is 16.0 Å². The van der Waals surface area contributed by atoms with Crippen molar-refractivity contribution in [2.24, 2.45) is 11.1 Å². The summed E-state index contributed by atoms with van der Waals surface area (Å²) in [5.41, 5.74) is 7.83. The van der Waals surface area contributed by atoms with E-state index in [-0.39, 0.29) is 30.6 Å². The van der Waals surface area contributed by atoms with Crippen LogP contribution >= 0.6 is 11.3 Å². The summed E-state index contributed by atoms with van der Waals surface area (Å²) in [5.74, 6) is -0.863. The molecule has 0 spiro atoms. The average Bonchev–Trinajstić information content (AvgIpc) is 3.39. The summed E-state index contributed by atoms with van der Waals surface area (Å²) in [6.45, 7) is 0.757. The van der Waals surface area contributed by atoms with Gasteiger partial charge in [-0.25, -0.2) is 4.39 Å². The van der Waals surface area contributed by atoms with Crippen molar-refractivity contribution in [3.63, 3.8) is 0 Å². The van der Waals surface area contributed by atoms with Crippen LogP contribution in [0.15, 0.2) is 66.0 Å². The van der Waals surface area contributed by atoms with Crippen LogP contribution in [-0.4, -0.2) is 29.8 Å². The van der Waals surface area contributed by atoms with Crippen molar-refractivity contribution in [2.75, 3.05) is 13.1 Å². The first-order chi connectivity index (χ1) is 14.5. The van der Waals surface area contributed by atoms with Gasteiger partial charge >= 0.3 is 0 Å². The number of hydrogen-bond donors (Lipinski definition) is 1. The molecule has 2 aromatic carbocycles. The first-order valence-corrected chi connectivity index (χ1v) is 10.8. The number of carbonyl (C=O) groups is 2. The lowest BCUT2D eigenvalue weighted by molar-refractivity contribution is -0.131. The molecule has 2 N–H and O–H groups in total. The Bertz CT molecular complexity index is 1070. The minimum Gasteiger partial charge on any atom is -0.369 e. The highest BCUT2D eigenvalue weighted by molar-refractivity contribution is 7.13. The Hall–Kier alpha value is -2.99. The molecule has 0 unspecified atom stereocenters. The summed E-state index contributed by atoms with van der Waals surface area (Å²) in [7, 11) is 0. The van der Waals surface area contributed by atoms with E-state index in [9.17, 15) is 14.0 Å². The number of amides is 2. The van der Waals surface area contributed by atoms with Crippen LogP contribution in [0.3, 0.4) is 0 Å². The third-order valence-corrected chi connectivity index (χ3v) is 6.71. The number of rotatable bonds is 6. The SMILES string of the molecule is NC(=O)[C@]1(Cc2ccccc2-c2cccs2)CCN(C(=O)Cc2cccc(F)c2)C1. The van der Waals surface area contributed by atoms with E-state index in [4.69, 9.17) is 5.73 Å². The summed E-state index contributed by atoms with van der Waals surface area (Å²) >= 11 is 1.65. The maximum Gasteiger partial charge on any atom is 0.227 e. The maximum absolute atomic E-state index is 13.4. The number of likely N-dealkylation sites (tertiary alicyclic amines) is 1. The van der Waals surface area contributed by atoms with Crippen molar-refractivity contribution in [1.82, 2.24) is 4.90 Å². The van der Waals surface area contributed by atoms with Gasteiger partial charge in [-0.2, -0.15) is 0 Å². The van der Waals surface area contributed by atoms with Crippen LogP contribution in [0.5, 0.6) is 0 Å². The number of nitrogens with two attached hydrogens (primary N) is 1. The first-order valence-electron chi connectivity index (χ1n) is 9.91. The molecule has 1 aliphatic heterocycles. The first kappa shape index (κ1) is 20.3. The van der Waals surface area contributed by atoms with Gasteiger partial charge in [-0.1, -0.05) is 42.5 Å². The maximum atomic E-state index is 13.4. The molecule has 30 heavy (non-hydrogen) atoms. The van der Waals surface area contributed by atoms with E-state index in [0.29, 0.717) is 24.9 Å². The predicted molar refractivity (Wildman–Crippen MR) is 116 cm³/mol. The molecular weight excluding hydrogens is 399 g/mol. The molecule has 1 atom stereocenters. The molecule has 2 heterocycles. The van der Waals surface area contributed by atoms with Crippen LogP contribution in [0.25, 0.3) is 10.4 Å². The van der Waals surface area contributed by atoms with Crippen LogP contribution in [0.1, 0.15) is 17.5 Å². The number of thiophene rings is 1. The summed E-state index contributed by atoms with van der Waals surface area (Å²) in [5, 5.41) is 2.03. The summed E-state index contributed by atoms with van der Waals surface area (Å²) < 4.78 is 13.4. The van der Waals surface area contributed by atoms with E-state index in [2.05, 4.69) is 12.1 Å². The van der Waals surface area contributed by atoms with Crippen LogP contribution < -0.4 is 5.73 Å². The van der Waals surface area contributed by atoms with Gasteiger partial charge in [-0.15, -0.1) is 11.3 Å². The zero-order chi connectivity index (χ0) is 21.1. The summed E-state index contributed by atoms with van der Waals surface area (Å²) in [6.07, 6.45) is 1.12. The summed E-state index contributed by atoms with van der Waals surface area (Å²) in [6, 6.07) is 18.1. The van der Waals surface area contributed by atoms with Crippen molar-refractivity contribution in [2.45, 2.75) is 19.3 Å². The zero-order valence-corrected chi connectivity index (χ0v) is 17.3. The van der Waals surface area contributed by atoms with Crippen molar-refractivity contribution in [1.29, 1.82) is 0 Å². The topological polar surface area (TPSA) is 63.4 Å². The Kier molecular flexibility index (Phi) is 5.68.